The van der Waals surface area contributed by atoms with E-state index in [9.17, 15) is 31.5 Å². The van der Waals surface area contributed by atoms with Gasteiger partial charge in [0, 0.05) is 41.6 Å². The predicted molar refractivity (Wildman–Crippen MR) is 146 cm³/mol. The molecule has 13 heteroatoms. The Morgan fingerprint density at radius 1 is 1.23 bits per heavy atom. The van der Waals surface area contributed by atoms with E-state index in [1.165, 1.54) is 20.1 Å². The summed E-state index contributed by atoms with van der Waals surface area (Å²) in [6, 6.07) is 1.63. The highest BCUT2D eigenvalue weighted by Crippen LogP contribution is 2.44. The van der Waals surface area contributed by atoms with Crippen LogP contribution < -0.4 is 10.6 Å². The molecule has 2 unspecified atom stereocenters. The number of amides is 1. The van der Waals surface area contributed by atoms with Crippen molar-refractivity contribution in [3.8, 4) is 11.3 Å². The number of pyridine rings is 1. The number of halogens is 3. The van der Waals surface area contributed by atoms with Crippen LogP contribution in [0.3, 0.4) is 0 Å². The molecular weight excluding hydrogens is 547 g/mol. The number of fused-ring (bicyclic) bond motifs is 3. The van der Waals surface area contributed by atoms with E-state index < -0.39 is 44.7 Å². The zero-order valence-electron chi connectivity index (χ0n) is 23.7. The number of nitrogens with one attached hydrogen (secondary N) is 2. The minimum Gasteiger partial charge on any atom is -0.388 e. The van der Waals surface area contributed by atoms with Gasteiger partial charge >= 0.3 is 6.18 Å². The lowest BCUT2D eigenvalue weighted by molar-refractivity contribution is -0.142. The molecule has 0 spiro atoms. The number of rotatable bonds is 7. The molecule has 2 aromatic rings. The minimum atomic E-state index is -4.32. The van der Waals surface area contributed by atoms with Crippen LogP contribution in [0.5, 0.6) is 0 Å². The normalized spacial score (nSPS) is 25.2. The van der Waals surface area contributed by atoms with Crippen molar-refractivity contribution < 1.29 is 31.5 Å². The second kappa shape index (κ2) is 10.3. The highest BCUT2D eigenvalue weighted by Gasteiger charge is 2.39. The van der Waals surface area contributed by atoms with E-state index in [1.807, 2.05) is 13.8 Å². The fraction of sp³-hybridized carbons (Fsp3) is 0.667. The van der Waals surface area contributed by atoms with Crippen LogP contribution in [0.4, 0.5) is 19.0 Å². The Kier molecular flexibility index (Phi) is 7.81. The van der Waals surface area contributed by atoms with Gasteiger partial charge in [-0.3, -0.25) is 9.48 Å². The van der Waals surface area contributed by atoms with Crippen LogP contribution in [0.15, 0.2) is 12.3 Å². The molecule has 40 heavy (non-hydrogen) atoms. The Bertz CT molecular complexity index is 1400. The largest absolute Gasteiger partial charge is 0.391 e. The Hall–Kier alpha value is -2.67. The zero-order valence-corrected chi connectivity index (χ0v) is 24.5. The first-order chi connectivity index (χ1) is 18.3. The van der Waals surface area contributed by atoms with Gasteiger partial charge in [0.25, 0.3) is 5.91 Å². The third-order valence-electron chi connectivity index (χ3n) is 8.31. The van der Waals surface area contributed by atoms with E-state index in [1.54, 1.807) is 23.9 Å². The second-order valence-corrected chi connectivity index (χ2v) is 14.5. The van der Waals surface area contributed by atoms with Gasteiger partial charge in [-0.1, -0.05) is 6.92 Å². The standard InChI is InChI=1S/C27H38F3N5O4S/c1-15-17(3)35-23(20-12-31-21(11-19(15)20)33-25(4,5)13-27(28,29)30)16(2)22(34-35)24(36)32-14-26(37)9-7-18(8-10-26)40(6,38)39/h11-12,15,17-18,37H,7-10,13-14H2,1-6H3,(H,31,33)(H,32,36). The van der Waals surface area contributed by atoms with Gasteiger partial charge < -0.3 is 15.7 Å². The highest BCUT2D eigenvalue weighted by molar-refractivity contribution is 7.91. The molecule has 2 atom stereocenters. The lowest BCUT2D eigenvalue weighted by atomic mass is 9.84. The smallest absolute Gasteiger partial charge is 0.388 e. The maximum atomic E-state index is 13.2. The number of nitrogens with zero attached hydrogens (tertiary/aromatic N) is 3. The average molecular weight is 586 g/mol. The Labute approximate surface area is 232 Å². The number of anilines is 1. The van der Waals surface area contributed by atoms with Gasteiger partial charge in [-0.2, -0.15) is 18.3 Å². The summed E-state index contributed by atoms with van der Waals surface area (Å²) in [5.41, 5.74) is 0.769. The van der Waals surface area contributed by atoms with Gasteiger partial charge in [-0.25, -0.2) is 13.4 Å². The summed E-state index contributed by atoms with van der Waals surface area (Å²) in [4.78, 5) is 17.6. The van der Waals surface area contributed by atoms with Crippen LogP contribution in [0.1, 0.15) is 93.4 Å². The molecule has 0 bridgehead atoms. The molecule has 3 N–H and O–H groups in total. The average Bonchev–Trinajstić information content (AvgIpc) is 3.16. The molecular formula is C27H38F3N5O4S. The SMILES string of the molecule is Cc1c(C(=O)NCC2(O)CCC(S(C)(=O)=O)CC2)nn2c1-c1cnc(NC(C)(C)CC(F)(F)F)cc1C(C)C2C. The topological polar surface area (TPSA) is 126 Å². The molecule has 1 amide bonds. The van der Waals surface area contributed by atoms with Crippen molar-refractivity contribution in [1.29, 1.82) is 0 Å². The van der Waals surface area contributed by atoms with E-state index in [-0.39, 0.29) is 37.0 Å². The number of carbonyl (C=O) groups excluding carboxylic acids is 1. The lowest BCUT2D eigenvalue weighted by Gasteiger charge is -2.35. The van der Waals surface area contributed by atoms with E-state index >= 15 is 0 Å². The van der Waals surface area contributed by atoms with Crippen LogP contribution in [0, 0.1) is 6.92 Å². The van der Waals surface area contributed by atoms with Gasteiger partial charge in [0.15, 0.2) is 5.69 Å². The second-order valence-electron chi connectivity index (χ2n) is 12.2. The van der Waals surface area contributed by atoms with E-state index in [0.717, 1.165) is 11.1 Å². The first kappa shape index (κ1) is 30.3. The monoisotopic (exact) mass is 585 g/mol. The predicted octanol–water partition coefficient (Wildman–Crippen LogP) is 4.52. The van der Waals surface area contributed by atoms with Crippen molar-refractivity contribution in [3.63, 3.8) is 0 Å². The highest BCUT2D eigenvalue weighted by atomic mass is 32.2. The summed E-state index contributed by atoms with van der Waals surface area (Å²) < 4.78 is 64.5. The molecule has 1 saturated carbocycles. The maximum Gasteiger partial charge on any atom is 0.391 e. The van der Waals surface area contributed by atoms with Crippen LogP contribution >= 0.6 is 0 Å². The third kappa shape index (κ3) is 6.29. The fourth-order valence-corrected chi connectivity index (χ4v) is 6.98. The Morgan fingerprint density at radius 3 is 2.42 bits per heavy atom. The van der Waals surface area contributed by atoms with Crippen molar-refractivity contribution in [2.24, 2.45) is 0 Å². The fourth-order valence-electron chi connectivity index (χ4n) is 5.89. The van der Waals surface area contributed by atoms with Crippen LogP contribution in [0.25, 0.3) is 11.3 Å². The van der Waals surface area contributed by atoms with Crippen LogP contribution in [0.2, 0.25) is 0 Å². The summed E-state index contributed by atoms with van der Waals surface area (Å²) in [6.07, 6.45) is -1.30. The molecule has 9 nitrogen and oxygen atoms in total. The Balaban J connectivity index is 1.54. The molecule has 1 aliphatic heterocycles. The minimum absolute atomic E-state index is 0.0171. The molecule has 2 aromatic heterocycles. The molecule has 0 saturated heterocycles. The van der Waals surface area contributed by atoms with E-state index in [0.29, 0.717) is 29.9 Å². The van der Waals surface area contributed by atoms with Gasteiger partial charge in [0.2, 0.25) is 0 Å². The van der Waals surface area contributed by atoms with Gasteiger partial charge in [0.05, 0.1) is 29.0 Å². The van der Waals surface area contributed by atoms with Gasteiger partial charge in [-0.05, 0) is 65.0 Å². The number of hydrogen-bond donors (Lipinski definition) is 3. The number of alkyl halides is 3. The maximum absolute atomic E-state index is 13.2. The summed E-state index contributed by atoms with van der Waals surface area (Å²) >= 11 is 0. The van der Waals surface area contributed by atoms with Crippen molar-refractivity contribution in [1.82, 2.24) is 20.1 Å². The number of aromatic nitrogens is 3. The van der Waals surface area contributed by atoms with Crippen molar-refractivity contribution >= 4 is 21.6 Å². The van der Waals surface area contributed by atoms with Crippen molar-refractivity contribution in [3.05, 3.63) is 29.1 Å². The van der Waals surface area contributed by atoms with Crippen LogP contribution in [-0.2, 0) is 9.84 Å². The van der Waals surface area contributed by atoms with Crippen LogP contribution in [-0.4, -0.2) is 69.6 Å². The summed E-state index contributed by atoms with van der Waals surface area (Å²) in [5, 5.41) is 20.8. The zero-order chi connectivity index (χ0) is 29.8. The van der Waals surface area contributed by atoms with Crippen molar-refractivity contribution in [2.45, 2.75) is 101 Å². The third-order valence-corrected chi connectivity index (χ3v) is 9.99. The first-order valence-corrected chi connectivity index (χ1v) is 15.4. The van der Waals surface area contributed by atoms with Gasteiger partial charge in [-0.15, -0.1) is 0 Å². The molecule has 4 rings (SSSR count). The summed E-state index contributed by atoms with van der Waals surface area (Å²) in [6.45, 7) is 8.68. The lowest BCUT2D eigenvalue weighted by Crippen LogP contribution is -2.47. The summed E-state index contributed by atoms with van der Waals surface area (Å²) in [5.74, 6) is -0.160. The molecule has 2 aliphatic rings. The molecule has 3 heterocycles. The first-order valence-electron chi connectivity index (χ1n) is 13.4. The van der Waals surface area contributed by atoms with Crippen molar-refractivity contribution in [2.75, 3.05) is 18.1 Å². The molecule has 0 aromatic carbocycles. The number of aliphatic hydroxyl groups is 1. The number of hydrogen-bond acceptors (Lipinski definition) is 7. The molecule has 222 valence electrons. The summed E-state index contributed by atoms with van der Waals surface area (Å²) in [7, 11) is -3.18. The van der Waals surface area contributed by atoms with E-state index in [4.69, 9.17) is 0 Å². The van der Waals surface area contributed by atoms with Gasteiger partial charge in [0.1, 0.15) is 15.7 Å². The number of sulfone groups is 1. The number of carbonyl (C=O) groups is 1. The molecule has 0 radical (unpaired) electrons. The quantitative estimate of drug-likeness (QED) is 0.436. The molecule has 1 aliphatic carbocycles. The Morgan fingerprint density at radius 2 is 1.85 bits per heavy atom. The molecule has 1 fully saturated rings. The van der Waals surface area contributed by atoms with E-state index in [2.05, 4.69) is 20.7 Å².